The van der Waals surface area contributed by atoms with Gasteiger partial charge in [0.25, 0.3) is 0 Å². The van der Waals surface area contributed by atoms with E-state index in [2.05, 4.69) is 9.97 Å². The minimum Gasteiger partial charge on any atom is -0.311 e. The van der Waals surface area contributed by atoms with E-state index in [1.165, 1.54) is 23.9 Å². The van der Waals surface area contributed by atoms with Gasteiger partial charge in [-0.15, -0.1) is 0 Å². The third kappa shape index (κ3) is 3.11. The summed E-state index contributed by atoms with van der Waals surface area (Å²) in [5.74, 6) is 0.0175. The summed E-state index contributed by atoms with van der Waals surface area (Å²) in [6.07, 6.45) is 0.698. The Labute approximate surface area is 132 Å². The van der Waals surface area contributed by atoms with Gasteiger partial charge in [0.2, 0.25) is 5.91 Å². The highest BCUT2D eigenvalue weighted by molar-refractivity contribution is 7.99. The molecule has 1 aromatic carbocycles. The number of carbonyl (C=O) groups excluding carboxylic acids is 1. The number of hydrogen-bond acceptors (Lipinski definition) is 4. The summed E-state index contributed by atoms with van der Waals surface area (Å²) < 4.78 is 13.2. The second-order valence-corrected chi connectivity index (χ2v) is 6.23. The first-order valence-electron chi connectivity index (χ1n) is 7.07. The van der Waals surface area contributed by atoms with E-state index >= 15 is 0 Å². The molecule has 6 heteroatoms. The molecule has 114 valence electrons. The lowest BCUT2D eigenvalue weighted by Gasteiger charge is -2.16. The molecule has 0 bridgehead atoms. The molecule has 2 aromatic rings. The van der Waals surface area contributed by atoms with E-state index in [9.17, 15) is 9.18 Å². The fourth-order valence-electron chi connectivity index (χ4n) is 2.59. The molecule has 1 aliphatic heterocycles. The number of hydrogen-bond donors (Lipinski definition) is 0. The molecule has 0 saturated carbocycles. The van der Waals surface area contributed by atoms with Crippen LogP contribution < -0.4 is 4.90 Å². The zero-order valence-corrected chi connectivity index (χ0v) is 13.3. The van der Waals surface area contributed by atoms with Crippen LogP contribution in [0, 0.1) is 19.7 Å². The minimum absolute atomic E-state index is 0.00174. The van der Waals surface area contributed by atoms with E-state index in [1.54, 1.807) is 11.0 Å². The third-order valence-corrected chi connectivity index (χ3v) is 4.36. The smallest absolute Gasteiger partial charge is 0.237 e. The van der Waals surface area contributed by atoms with E-state index in [1.807, 2.05) is 19.9 Å². The normalized spacial score (nSPS) is 13.3. The van der Waals surface area contributed by atoms with Gasteiger partial charge in [-0.2, -0.15) is 0 Å². The Morgan fingerprint density at radius 2 is 2.00 bits per heavy atom. The highest BCUT2D eigenvalue weighted by Gasteiger charge is 2.25. The lowest BCUT2D eigenvalue weighted by molar-refractivity contribution is -0.116. The molecule has 0 radical (unpaired) electrons. The lowest BCUT2D eigenvalue weighted by atomic mass is 10.2. The first-order chi connectivity index (χ1) is 10.5. The Morgan fingerprint density at radius 1 is 1.27 bits per heavy atom. The molecule has 3 rings (SSSR count). The summed E-state index contributed by atoms with van der Waals surface area (Å²) in [5.41, 5.74) is 3.49. The highest BCUT2D eigenvalue weighted by atomic mass is 32.2. The Hall–Kier alpha value is -1.95. The van der Waals surface area contributed by atoms with Crippen molar-refractivity contribution in [2.75, 3.05) is 17.2 Å². The van der Waals surface area contributed by atoms with Crippen LogP contribution in [0.4, 0.5) is 10.1 Å². The number of carbonyl (C=O) groups is 1. The topological polar surface area (TPSA) is 46.1 Å². The van der Waals surface area contributed by atoms with E-state index in [0.717, 1.165) is 22.6 Å². The predicted octanol–water partition coefficient (Wildman–Crippen LogP) is 2.91. The van der Waals surface area contributed by atoms with Crippen LogP contribution in [0.25, 0.3) is 0 Å². The van der Waals surface area contributed by atoms with E-state index < -0.39 is 0 Å². The zero-order chi connectivity index (χ0) is 15.7. The molecule has 0 fully saturated rings. The number of aromatic nitrogens is 2. The number of aryl methyl sites for hydroxylation is 2. The maximum atomic E-state index is 13.2. The second-order valence-electron chi connectivity index (χ2n) is 5.29. The van der Waals surface area contributed by atoms with Gasteiger partial charge in [-0.1, -0.05) is 11.8 Å². The Balaban J connectivity index is 1.69. The fraction of sp³-hybridized carbons (Fsp3) is 0.312. The number of amides is 1. The molecule has 1 amide bonds. The number of thioether (sulfide) groups is 1. The van der Waals surface area contributed by atoms with Gasteiger partial charge in [0, 0.05) is 23.6 Å². The number of halogens is 1. The fourth-order valence-corrected chi connectivity index (χ4v) is 3.42. The lowest BCUT2D eigenvalue weighted by Crippen LogP contribution is -2.30. The van der Waals surface area contributed by atoms with Gasteiger partial charge in [-0.05, 0) is 50.1 Å². The maximum Gasteiger partial charge on any atom is 0.237 e. The van der Waals surface area contributed by atoms with Crippen molar-refractivity contribution >= 4 is 23.4 Å². The molecule has 0 saturated heterocycles. The molecular formula is C16H16FN3OS. The van der Waals surface area contributed by atoms with Crippen LogP contribution in [0.15, 0.2) is 29.4 Å². The van der Waals surface area contributed by atoms with Crippen LogP contribution in [0.1, 0.15) is 17.0 Å². The zero-order valence-electron chi connectivity index (χ0n) is 12.5. The summed E-state index contributed by atoms with van der Waals surface area (Å²) in [6.45, 7) is 4.42. The molecule has 0 N–H and O–H groups in total. The van der Waals surface area contributed by atoms with Crippen molar-refractivity contribution < 1.29 is 9.18 Å². The van der Waals surface area contributed by atoms with Crippen LogP contribution in [-0.4, -0.2) is 28.2 Å². The standard InChI is InChI=1S/C16H16FN3OS/c1-10-7-11(2)19-16(18-10)22-9-15(21)20-6-5-12-8-13(17)3-4-14(12)20/h3-4,7-8H,5-6,9H2,1-2H3. The highest BCUT2D eigenvalue weighted by Crippen LogP contribution is 2.29. The van der Waals surface area contributed by atoms with E-state index in [-0.39, 0.29) is 17.5 Å². The summed E-state index contributed by atoms with van der Waals surface area (Å²) in [5, 5.41) is 0.615. The van der Waals surface area contributed by atoms with Gasteiger partial charge in [0.15, 0.2) is 5.16 Å². The first-order valence-corrected chi connectivity index (χ1v) is 8.05. The van der Waals surface area contributed by atoms with Crippen molar-refractivity contribution in [3.05, 3.63) is 47.0 Å². The molecular weight excluding hydrogens is 301 g/mol. The number of fused-ring (bicyclic) bond motifs is 1. The first kappa shape index (κ1) is 15.0. The minimum atomic E-state index is -0.258. The average Bonchev–Trinajstić information content (AvgIpc) is 2.86. The monoisotopic (exact) mass is 317 g/mol. The van der Waals surface area contributed by atoms with Crippen LogP contribution in [0.3, 0.4) is 0 Å². The van der Waals surface area contributed by atoms with Crippen LogP contribution >= 0.6 is 11.8 Å². The van der Waals surface area contributed by atoms with Crippen molar-refractivity contribution in [1.29, 1.82) is 0 Å². The van der Waals surface area contributed by atoms with Crippen molar-refractivity contribution in [3.63, 3.8) is 0 Å². The van der Waals surface area contributed by atoms with Gasteiger partial charge in [0.1, 0.15) is 5.82 Å². The number of nitrogens with zero attached hydrogens (tertiary/aromatic N) is 3. The van der Waals surface area contributed by atoms with Crippen molar-refractivity contribution in [2.45, 2.75) is 25.4 Å². The third-order valence-electron chi connectivity index (χ3n) is 3.52. The number of benzene rings is 1. The van der Waals surface area contributed by atoms with Crippen molar-refractivity contribution in [3.8, 4) is 0 Å². The number of rotatable bonds is 3. The predicted molar refractivity (Wildman–Crippen MR) is 84.7 cm³/mol. The van der Waals surface area contributed by atoms with Gasteiger partial charge in [0.05, 0.1) is 5.75 Å². The Bertz CT molecular complexity index is 715. The van der Waals surface area contributed by atoms with Gasteiger partial charge < -0.3 is 4.90 Å². The molecule has 4 nitrogen and oxygen atoms in total. The second kappa shape index (κ2) is 6.04. The number of anilines is 1. The quantitative estimate of drug-likeness (QED) is 0.645. The molecule has 0 unspecified atom stereocenters. The molecule has 22 heavy (non-hydrogen) atoms. The van der Waals surface area contributed by atoms with Gasteiger partial charge in [-0.3, -0.25) is 4.79 Å². The van der Waals surface area contributed by atoms with Gasteiger partial charge >= 0.3 is 0 Å². The van der Waals surface area contributed by atoms with Crippen LogP contribution in [0.2, 0.25) is 0 Å². The Morgan fingerprint density at radius 3 is 2.73 bits per heavy atom. The van der Waals surface area contributed by atoms with Crippen molar-refractivity contribution in [1.82, 2.24) is 9.97 Å². The van der Waals surface area contributed by atoms with Crippen molar-refractivity contribution in [2.24, 2.45) is 0 Å². The molecule has 0 atom stereocenters. The van der Waals surface area contributed by atoms with Crippen LogP contribution in [-0.2, 0) is 11.2 Å². The summed E-state index contributed by atoms with van der Waals surface area (Å²) in [7, 11) is 0. The van der Waals surface area contributed by atoms with E-state index in [4.69, 9.17) is 0 Å². The van der Waals surface area contributed by atoms with Crippen LogP contribution in [0.5, 0.6) is 0 Å². The summed E-state index contributed by atoms with van der Waals surface area (Å²) >= 11 is 1.33. The molecule has 1 aromatic heterocycles. The molecule has 0 aliphatic carbocycles. The van der Waals surface area contributed by atoms with Gasteiger partial charge in [-0.25, -0.2) is 14.4 Å². The molecule has 2 heterocycles. The molecule has 1 aliphatic rings. The summed E-state index contributed by atoms with van der Waals surface area (Å²) in [4.78, 5) is 22.7. The Kier molecular flexibility index (Phi) is 4.11. The van der Waals surface area contributed by atoms with E-state index in [0.29, 0.717) is 18.1 Å². The molecule has 0 spiro atoms. The summed E-state index contributed by atoms with van der Waals surface area (Å²) in [6, 6.07) is 6.47. The largest absolute Gasteiger partial charge is 0.311 e. The SMILES string of the molecule is Cc1cc(C)nc(SCC(=O)N2CCc3cc(F)ccc32)n1. The maximum absolute atomic E-state index is 13.2. The average molecular weight is 317 g/mol.